The molecule has 10 heteroatoms. The zero-order valence-corrected chi connectivity index (χ0v) is 18.8. The van der Waals surface area contributed by atoms with E-state index in [-0.39, 0.29) is 18.0 Å². The van der Waals surface area contributed by atoms with Gasteiger partial charge >= 0.3 is 11.7 Å². The van der Waals surface area contributed by atoms with Crippen molar-refractivity contribution >= 4 is 28.8 Å². The van der Waals surface area contributed by atoms with Gasteiger partial charge in [-0.1, -0.05) is 30.3 Å². The number of hydrogen-bond donors (Lipinski definition) is 1. The topological polar surface area (TPSA) is 113 Å². The fourth-order valence-corrected chi connectivity index (χ4v) is 3.44. The Bertz CT molecular complexity index is 1250. The minimum Gasteiger partial charge on any atom is -0.466 e. The van der Waals surface area contributed by atoms with Crippen LogP contribution in [0.5, 0.6) is 0 Å². The number of rotatable bonds is 9. The quantitative estimate of drug-likeness (QED) is 0.308. The summed E-state index contributed by atoms with van der Waals surface area (Å²) in [5.74, 6) is -0.0437. The van der Waals surface area contributed by atoms with Gasteiger partial charge in [-0.15, -0.1) is 0 Å². The van der Waals surface area contributed by atoms with Crippen LogP contribution in [-0.4, -0.2) is 37.0 Å². The van der Waals surface area contributed by atoms with Crippen LogP contribution < -0.4 is 16.7 Å². The molecule has 170 valence electrons. The molecule has 3 aromatic rings. The van der Waals surface area contributed by atoms with E-state index in [4.69, 9.17) is 4.74 Å². The average Bonchev–Trinajstić information content (AvgIpc) is 3.14. The Morgan fingerprint density at radius 2 is 1.88 bits per heavy atom. The van der Waals surface area contributed by atoms with Gasteiger partial charge in [-0.3, -0.25) is 18.7 Å². The normalized spacial score (nSPS) is 11.7. The van der Waals surface area contributed by atoms with E-state index >= 15 is 0 Å². The van der Waals surface area contributed by atoms with Crippen LogP contribution in [0.2, 0.25) is 0 Å². The highest BCUT2D eigenvalue weighted by molar-refractivity contribution is 5.97. The molecule has 32 heavy (non-hydrogen) atoms. The van der Waals surface area contributed by atoms with Crippen molar-refractivity contribution in [2.24, 2.45) is 19.2 Å². The third kappa shape index (κ3) is 4.96. The van der Waals surface area contributed by atoms with Crippen LogP contribution in [0.3, 0.4) is 0 Å². The molecule has 0 aliphatic carbocycles. The van der Waals surface area contributed by atoms with E-state index in [9.17, 15) is 14.4 Å². The SMILES string of the molecule is CCOC(=O)C/C(C)=N/Nc1nc2c(c(=O)n(C)c(=O)n2C)n1CCCc1ccccc1. The Balaban J connectivity index is 1.95. The van der Waals surface area contributed by atoms with Crippen molar-refractivity contribution in [3.05, 3.63) is 56.7 Å². The maximum Gasteiger partial charge on any atom is 0.332 e. The van der Waals surface area contributed by atoms with Gasteiger partial charge in [-0.25, -0.2) is 10.2 Å². The van der Waals surface area contributed by atoms with E-state index in [1.165, 1.54) is 17.2 Å². The van der Waals surface area contributed by atoms with Crippen molar-refractivity contribution in [3.8, 4) is 0 Å². The summed E-state index contributed by atoms with van der Waals surface area (Å²) in [6.07, 6.45) is 1.61. The van der Waals surface area contributed by atoms with Gasteiger partial charge in [0.05, 0.1) is 13.0 Å². The molecule has 0 aliphatic heterocycles. The van der Waals surface area contributed by atoms with Crippen LogP contribution in [0.15, 0.2) is 45.0 Å². The minimum absolute atomic E-state index is 0.0370. The zero-order chi connectivity index (χ0) is 23.3. The fourth-order valence-electron chi connectivity index (χ4n) is 3.44. The van der Waals surface area contributed by atoms with Crippen LogP contribution in [0.1, 0.15) is 32.3 Å². The lowest BCUT2D eigenvalue weighted by Gasteiger charge is -2.10. The Hall–Kier alpha value is -3.69. The molecule has 3 rings (SSSR count). The molecule has 0 aliphatic rings. The number of carbonyl (C=O) groups excluding carboxylic acids is 1. The number of hydrazone groups is 1. The van der Waals surface area contributed by atoms with Crippen molar-refractivity contribution in [2.45, 2.75) is 39.7 Å². The number of anilines is 1. The summed E-state index contributed by atoms with van der Waals surface area (Å²) in [7, 11) is 3.02. The number of aromatic nitrogens is 4. The van der Waals surface area contributed by atoms with E-state index in [0.717, 1.165) is 17.4 Å². The van der Waals surface area contributed by atoms with Crippen LogP contribution >= 0.6 is 0 Å². The minimum atomic E-state index is -0.454. The first-order valence-corrected chi connectivity index (χ1v) is 10.5. The number of aryl methyl sites for hydroxylation is 3. The molecule has 0 bridgehead atoms. The summed E-state index contributed by atoms with van der Waals surface area (Å²) in [6, 6.07) is 10.0. The van der Waals surface area contributed by atoms with Gasteiger partial charge in [0.1, 0.15) is 0 Å². The van der Waals surface area contributed by atoms with E-state index in [1.54, 1.807) is 25.5 Å². The second-order valence-electron chi connectivity index (χ2n) is 7.49. The lowest BCUT2D eigenvalue weighted by molar-refractivity contribution is -0.141. The van der Waals surface area contributed by atoms with Gasteiger partial charge in [-0.2, -0.15) is 10.1 Å². The number of carbonyl (C=O) groups is 1. The number of benzene rings is 1. The maximum absolute atomic E-state index is 12.9. The number of imidazole rings is 1. The molecule has 1 N–H and O–H groups in total. The van der Waals surface area contributed by atoms with Crippen molar-refractivity contribution in [2.75, 3.05) is 12.0 Å². The van der Waals surface area contributed by atoms with E-state index < -0.39 is 11.2 Å². The second-order valence-corrected chi connectivity index (χ2v) is 7.49. The van der Waals surface area contributed by atoms with Crippen molar-refractivity contribution in [1.29, 1.82) is 0 Å². The largest absolute Gasteiger partial charge is 0.466 e. The van der Waals surface area contributed by atoms with Crippen molar-refractivity contribution < 1.29 is 9.53 Å². The Kier molecular flexibility index (Phi) is 7.24. The smallest absolute Gasteiger partial charge is 0.332 e. The third-order valence-electron chi connectivity index (χ3n) is 5.09. The highest BCUT2D eigenvalue weighted by Crippen LogP contribution is 2.17. The molecule has 0 radical (unpaired) electrons. The van der Waals surface area contributed by atoms with E-state index in [0.29, 0.717) is 30.3 Å². The molecule has 2 heterocycles. The standard InChI is InChI=1S/C22H28N6O4/c1-5-32-17(29)14-15(2)24-25-21-23-19-18(20(30)27(4)22(31)26(19)3)28(21)13-9-12-16-10-7-6-8-11-16/h6-8,10-11H,5,9,12-14H2,1-4H3,(H,23,25)/b24-15+. The molecule has 0 fully saturated rings. The summed E-state index contributed by atoms with van der Waals surface area (Å²) in [6.45, 7) is 4.23. The molecular weight excluding hydrogens is 412 g/mol. The monoisotopic (exact) mass is 440 g/mol. The predicted octanol–water partition coefficient (Wildman–Crippen LogP) is 1.81. The van der Waals surface area contributed by atoms with Gasteiger partial charge in [0.15, 0.2) is 11.2 Å². The van der Waals surface area contributed by atoms with Crippen LogP contribution in [0.4, 0.5) is 5.95 Å². The summed E-state index contributed by atoms with van der Waals surface area (Å²) in [4.78, 5) is 41.4. The predicted molar refractivity (Wildman–Crippen MR) is 123 cm³/mol. The van der Waals surface area contributed by atoms with E-state index in [2.05, 4.69) is 27.6 Å². The number of fused-ring (bicyclic) bond motifs is 1. The molecule has 0 unspecified atom stereocenters. The summed E-state index contributed by atoms with van der Waals surface area (Å²) >= 11 is 0. The second kappa shape index (κ2) is 10.1. The highest BCUT2D eigenvalue weighted by atomic mass is 16.5. The van der Waals surface area contributed by atoms with Gasteiger partial charge in [0.25, 0.3) is 5.56 Å². The molecule has 0 spiro atoms. The molecular formula is C22H28N6O4. The first-order chi connectivity index (χ1) is 15.3. The van der Waals surface area contributed by atoms with Gasteiger partial charge < -0.3 is 9.30 Å². The molecule has 10 nitrogen and oxygen atoms in total. The lowest BCUT2D eigenvalue weighted by atomic mass is 10.1. The third-order valence-corrected chi connectivity index (χ3v) is 5.09. The molecule has 0 saturated heterocycles. The van der Waals surface area contributed by atoms with Gasteiger partial charge in [0, 0.05) is 26.4 Å². The number of nitrogens with one attached hydrogen (secondary N) is 1. The Morgan fingerprint density at radius 3 is 2.56 bits per heavy atom. The number of nitrogens with zero attached hydrogens (tertiary/aromatic N) is 5. The maximum atomic E-state index is 12.9. The highest BCUT2D eigenvalue weighted by Gasteiger charge is 2.19. The number of ether oxygens (including phenoxy) is 1. The molecule has 0 saturated carbocycles. The molecule has 0 amide bonds. The number of hydrogen-bond acceptors (Lipinski definition) is 7. The van der Waals surface area contributed by atoms with E-state index in [1.807, 2.05) is 18.2 Å². The summed E-state index contributed by atoms with van der Waals surface area (Å²) in [5, 5.41) is 4.23. The first kappa shape index (κ1) is 23.0. The van der Waals surface area contributed by atoms with Crippen LogP contribution in [0, 0.1) is 0 Å². The summed E-state index contributed by atoms with van der Waals surface area (Å²) < 4.78 is 9.08. The molecule has 0 atom stereocenters. The lowest BCUT2D eigenvalue weighted by Crippen LogP contribution is -2.37. The van der Waals surface area contributed by atoms with Crippen molar-refractivity contribution in [3.63, 3.8) is 0 Å². The Labute approximate surface area is 185 Å². The average molecular weight is 441 g/mol. The van der Waals surface area contributed by atoms with Gasteiger partial charge in [-0.05, 0) is 32.3 Å². The first-order valence-electron chi connectivity index (χ1n) is 10.5. The van der Waals surface area contributed by atoms with Crippen LogP contribution in [0.25, 0.3) is 11.2 Å². The molecule has 2 aromatic heterocycles. The van der Waals surface area contributed by atoms with Crippen LogP contribution in [-0.2, 0) is 36.6 Å². The zero-order valence-electron chi connectivity index (χ0n) is 18.8. The number of esters is 1. The van der Waals surface area contributed by atoms with Crippen molar-refractivity contribution in [1.82, 2.24) is 18.7 Å². The Morgan fingerprint density at radius 1 is 1.16 bits per heavy atom. The van der Waals surface area contributed by atoms with Gasteiger partial charge in [0.2, 0.25) is 5.95 Å². The summed E-state index contributed by atoms with van der Waals surface area (Å²) in [5.41, 5.74) is 4.28. The fraction of sp³-hybridized carbons (Fsp3) is 0.409. The molecule has 1 aromatic carbocycles.